The van der Waals surface area contributed by atoms with Gasteiger partial charge in [0.25, 0.3) is 5.91 Å². The summed E-state index contributed by atoms with van der Waals surface area (Å²) in [5.74, 6) is 0.118. The molecule has 0 unspecified atom stereocenters. The van der Waals surface area contributed by atoms with E-state index in [-0.39, 0.29) is 11.1 Å². The topological polar surface area (TPSA) is 103 Å². The average Bonchev–Trinajstić information content (AvgIpc) is 3.09. The van der Waals surface area contributed by atoms with Gasteiger partial charge in [-0.15, -0.1) is 0 Å². The van der Waals surface area contributed by atoms with E-state index in [4.69, 9.17) is 16.3 Å². The molecule has 0 atom stereocenters. The molecule has 0 saturated heterocycles. The van der Waals surface area contributed by atoms with E-state index in [9.17, 15) is 4.79 Å². The largest absolute Gasteiger partial charge is 0.494 e. The lowest BCUT2D eigenvalue weighted by Crippen LogP contribution is -2.14. The van der Waals surface area contributed by atoms with Gasteiger partial charge < -0.3 is 4.74 Å². The summed E-state index contributed by atoms with van der Waals surface area (Å²) < 4.78 is 5.99. The van der Waals surface area contributed by atoms with Crippen molar-refractivity contribution < 1.29 is 9.53 Å². The average molecular weight is 492 g/mol. The predicted octanol–water partition coefficient (Wildman–Crippen LogP) is 4.53. The zero-order valence-electron chi connectivity index (χ0n) is 15.1. The number of nitrogens with zero attached hydrogens (tertiary/aromatic N) is 5. The fourth-order valence-corrected chi connectivity index (χ4v) is 4.02. The fraction of sp³-hybridized carbons (Fsp3) is 0.111. The highest BCUT2D eigenvalue weighted by Crippen LogP contribution is 2.34. The highest BCUT2D eigenvalue weighted by Gasteiger charge is 2.19. The molecule has 29 heavy (non-hydrogen) atoms. The SMILES string of the molecule is COc1cnc(Cl)cc1-c1cc(C)ncc1C(=O)Nc1nc2ncc(Br)nc2s1. The number of carbonyl (C=O) groups excluding carboxylic acids is 1. The molecule has 0 aliphatic carbocycles. The molecule has 0 fully saturated rings. The third kappa shape index (κ3) is 4.04. The number of halogens is 2. The van der Waals surface area contributed by atoms with E-state index in [1.165, 1.54) is 30.8 Å². The van der Waals surface area contributed by atoms with Crippen LogP contribution in [0.5, 0.6) is 5.75 Å². The maximum Gasteiger partial charge on any atom is 0.259 e. The minimum Gasteiger partial charge on any atom is -0.494 e. The van der Waals surface area contributed by atoms with Crippen molar-refractivity contribution in [2.24, 2.45) is 0 Å². The van der Waals surface area contributed by atoms with Crippen LogP contribution in [0.1, 0.15) is 16.1 Å². The number of anilines is 1. The molecule has 8 nitrogen and oxygen atoms in total. The number of fused-ring (bicyclic) bond motifs is 1. The summed E-state index contributed by atoms with van der Waals surface area (Å²) in [6, 6.07) is 3.44. The van der Waals surface area contributed by atoms with Gasteiger partial charge >= 0.3 is 0 Å². The summed E-state index contributed by atoms with van der Waals surface area (Å²) in [4.78, 5) is 34.7. The number of hydrogen-bond acceptors (Lipinski definition) is 8. The summed E-state index contributed by atoms with van der Waals surface area (Å²) >= 11 is 10.6. The Morgan fingerprint density at radius 2 is 1.97 bits per heavy atom. The van der Waals surface area contributed by atoms with Gasteiger partial charge in [-0.3, -0.25) is 15.1 Å². The molecule has 0 bridgehead atoms. The Kier molecular flexibility index (Phi) is 5.39. The number of nitrogens with one attached hydrogen (secondary N) is 1. The number of hydrogen-bond donors (Lipinski definition) is 1. The second kappa shape index (κ2) is 7.97. The normalized spacial score (nSPS) is 10.9. The molecule has 0 spiro atoms. The van der Waals surface area contributed by atoms with Gasteiger partial charge in [-0.25, -0.2) is 15.0 Å². The number of aryl methyl sites for hydroxylation is 1. The lowest BCUT2D eigenvalue weighted by Gasteiger charge is -2.13. The first-order valence-corrected chi connectivity index (χ1v) is 10.2. The van der Waals surface area contributed by atoms with Crippen LogP contribution >= 0.6 is 38.9 Å². The van der Waals surface area contributed by atoms with Crippen LogP contribution < -0.4 is 10.1 Å². The Balaban J connectivity index is 1.75. The summed E-state index contributed by atoms with van der Waals surface area (Å²) in [6.45, 7) is 1.84. The van der Waals surface area contributed by atoms with Gasteiger partial charge in [-0.2, -0.15) is 4.98 Å². The summed E-state index contributed by atoms with van der Waals surface area (Å²) in [5, 5.41) is 3.46. The van der Waals surface area contributed by atoms with Gasteiger partial charge in [-0.1, -0.05) is 22.9 Å². The van der Waals surface area contributed by atoms with Crippen molar-refractivity contribution in [3.8, 4) is 16.9 Å². The van der Waals surface area contributed by atoms with E-state index in [2.05, 4.69) is 46.2 Å². The second-order valence-corrected chi connectivity index (χ2v) is 8.05. The van der Waals surface area contributed by atoms with Gasteiger partial charge in [0, 0.05) is 23.0 Å². The van der Waals surface area contributed by atoms with Crippen LogP contribution in [-0.4, -0.2) is 37.9 Å². The van der Waals surface area contributed by atoms with Crippen molar-refractivity contribution in [2.45, 2.75) is 6.92 Å². The molecule has 0 aromatic carbocycles. The molecule has 0 radical (unpaired) electrons. The van der Waals surface area contributed by atoms with Crippen molar-refractivity contribution in [1.82, 2.24) is 24.9 Å². The molecule has 4 aromatic rings. The Labute approximate surface area is 182 Å². The zero-order chi connectivity index (χ0) is 20.5. The van der Waals surface area contributed by atoms with E-state index in [0.29, 0.717) is 42.7 Å². The highest BCUT2D eigenvalue weighted by atomic mass is 79.9. The van der Waals surface area contributed by atoms with Crippen LogP contribution in [0.25, 0.3) is 21.6 Å². The summed E-state index contributed by atoms with van der Waals surface area (Å²) in [6.07, 6.45) is 4.57. The molecule has 0 aliphatic rings. The van der Waals surface area contributed by atoms with Crippen LogP contribution in [0.3, 0.4) is 0 Å². The van der Waals surface area contributed by atoms with Crippen molar-refractivity contribution in [3.63, 3.8) is 0 Å². The molecule has 1 amide bonds. The van der Waals surface area contributed by atoms with Crippen LogP contribution in [0.15, 0.2) is 35.3 Å². The van der Waals surface area contributed by atoms with Crippen LogP contribution in [0.4, 0.5) is 5.13 Å². The zero-order valence-corrected chi connectivity index (χ0v) is 18.3. The van der Waals surface area contributed by atoms with E-state index >= 15 is 0 Å². The molecule has 0 aliphatic heterocycles. The van der Waals surface area contributed by atoms with Crippen molar-refractivity contribution >= 4 is 60.4 Å². The molecule has 0 saturated carbocycles. The highest BCUT2D eigenvalue weighted by molar-refractivity contribution is 9.10. The number of carbonyl (C=O) groups is 1. The number of methoxy groups -OCH3 is 1. The summed E-state index contributed by atoms with van der Waals surface area (Å²) in [7, 11) is 1.53. The first kappa shape index (κ1) is 19.6. The van der Waals surface area contributed by atoms with Crippen molar-refractivity contribution in [1.29, 1.82) is 0 Å². The van der Waals surface area contributed by atoms with Crippen LogP contribution in [-0.2, 0) is 0 Å². The molecule has 146 valence electrons. The van der Waals surface area contributed by atoms with Crippen LogP contribution in [0.2, 0.25) is 5.15 Å². The van der Waals surface area contributed by atoms with Crippen molar-refractivity contribution in [2.75, 3.05) is 12.4 Å². The van der Waals surface area contributed by atoms with Gasteiger partial charge in [0.15, 0.2) is 15.6 Å². The number of rotatable bonds is 4. The monoisotopic (exact) mass is 490 g/mol. The predicted molar refractivity (Wildman–Crippen MR) is 115 cm³/mol. The van der Waals surface area contributed by atoms with E-state index in [1.807, 2.05) is 6.92 Å². The van der Waals surface area contributed by atoms with E-state index in [1.54, 1.807) is 18.3 Å². The first-order valence-electron chi connectivity index (χ1n) is 8.21. The summed E-state index contributed by atoms with van der Waals surface area (Å²) in [5.41, 5.74) is 2.80. The number of aromatic nitrogens is 5. The third-order valence-corrected chi connectivity index (χ3v) is 5.39. The van der Waals surface area contributed by atoms with Gasteiger partial charge in [0.2, 0.25) is 0 Å². The Morgan fingerprint density at radius 1 is 1.14 bits per heavy atom. The van der Waals surface area contributed by atoms with E-state index < -0.39 is 0 Å². The Morgan fingerprint density at radius 3 is 2.76 bits per heavy atom. The minimum absolute atomic E-state index is 0.288. The number of amides is 1. The Hall–Kier alpha value is -2.69. The van der Waals surface area contributed by atoms with Crippen molar-refractivity contribution in [3.05, 3.63) is 51.7 Å². The van der Waals surface area contributed by atoms with Gasteiger partial charge in [0.05, 0.1) is 25.1 Å². The minimum atomic E-state index is -0.374. The molecule has 4 rings (SSSR count). The van der Waals surface area contributed by atoms with Gasteiger partial charge in [0.1, 0.15) is 15.5 Å². The maximum absolute atomic E-state index is 13.0. The maximum atomic E-state index is 13.0. The smallest absolute Gasteiger partial charge is 0.259 e. The lowest BCUT2D eigenvalue weighted by molar-refractivity contribution is 0.102. The lowest BCUT2D eigenvalue weighted by atomic mass is 10.0. The quantitative estimate of drug-likeness (QED) is 0.418. The third-order valence-electron chi connectivity index (χ3n) is 3.94. The molecule has 1 N–H and O–H groups in total. The standard InChI is InChI=1S/C18H12BrClN6O2S/c1-8-3-9(10-4-14(20)22-6-12(10)28-2)11(5-21-8)16(27)26-18-25-15-17(29-18)24-13(19)7-23-15/h3-7H,1-2H3,(H,23,25,26,27). The molecule has 4 heterocycles. The molecular formula is C18H12BrClN6O2S. The first-order chi connectivity index (χ1) is 13.9. The molecular weight excluding hydrogens is 480 g/mol. The Bertz CT molecular complexity index is 1250. The molecule has 4 aromatic heterocycles. The van der Waals surface area contributed by atoms with Gasteiger partial charge in [-0.05, 0) is 35.0 Å². The number of thiazole rings is 1. The fourth-order valence-electron chi connectivity index (χ4n) is 2.67. The number of pyridine rings is 2. The van der Waals surface area contributed by atoms with Crippen LogP contribution in [0, 0.1) is 6.92 Å². The molecule has 11 heteroatoms. The second-order valence-electron chi connectivity index (χ2n) is 5.87. The van der Waals surface area contributed by atoms with E-state index in [0.717, 1.165) is 5.69 Å². The number of ether oxygens (including phenoxy) is 1.